The van der Waals surface area contributed by atoms with Crippen LogP contribution < -0.4 is 19.1 Å². The number of benzene rings is 3. The molecule has 3 aromatic rings. The topological polar surface area (TPSA) is 152 Å². The van der Waals surface area contributed by atoms with Crippen molar-refractivity contribution in [3.63, 3.8) is 0 Å². The van der Waals surface area contributed by atoms with Gasteiger partial charge in [-0.25, -0.2) is 9.79 Å². The number of aromatic carboxylic acids is 1. The van der Waals surface area contributed by atoms with E-state index in [9.17, 15) is 27.7 Å². The van der Waals surface area contributed by atoms with E-state index < -0.39 is 26.9 Å². The second kappa shape index (κ2) is 10.4. The number of carboxylic acids is 1. The van der Waals surface area contributed by atoms with Crippen LogP contribution in [0.1, 0.15) is 21.5 Å². The maximum absolute atomic E-state index is 13.7. The number of hydrogen-bond donors (Lipinski definition) is 2. The lowest BCUT2D eigenvalue weighted by molar-refractivity contribution is -0.113. The molecule has 0 spiro atoms. The summed E-state index contributed by atoms with van der Waals surface area (Å²) in [4.78, 5) is 30.6. The van der Waals surface area contributed by atoms with Gasteiger partial charge in [-0.15, -0.1) is 0 Å². The number of nitrogens with zero attached hydrogens (tertiary/aromatic N) is 2. The summed E-state index contributed by atoms with van der Waals surface area (Å²) in [6, 6.07) is 14.5. The molecule has 0 bridgehead atoms. The molecule has 1 amide bonds. The number of ether oxygens (including phenoxy) is 3. The lowest BCUT2D eigenvalue weighted by Crippen LogP contribution is -2.34. The van der Waals surface area contributed by atoms with Gasteiger partial charge in [0.1, 0.15) is 11.5 Å². The van der Waals surface area contributed by atoms with Crippen molar-refractivity contribution in [1.29, 1.82) is 0 Å². The van der Waals surface area contributed by atoms with Crippen molar-refractivity contribution in [2.24, 2.45) is 4.99 Å². The van der Waals surface area contributed by atoms with Gasteiger partial charge in [-0.05, 0) is 42.0 Å². The molecule has 0 aliphatic carbocycles. The smallest absolute Gasteiger partial charge is 0.337 e. The first-order valence-electron chi connectivity index (χ1n) is 10.9. The van der Waals surface area contributed by atoms with Gasteiger partial charge in [0.15, 0.2) is 11.5 Å². The molecule has 0 saturated heterocycles. The molecule has 1 aliphatic heterocycles. The number of hydrogen-bond acceptors (Lipinski definition) is 8. The van der Waals surface area contributed by atoms with Crippen molar-refractivity contribution >= 4 is 39.6 Å². The van der Waals surface area contributed by atoms with Crippen LogP contribution >= 0.6 is 0 Å². The lowest BCUT2D eigenvalue weighted by atomic mass is 10.1. The van der Waals surface area contributed by atoms with Gasteiger partial charge in [-0.1, -0.05) is 30.3 Å². The van der Waals surface area contributed by atoms with E-state index in [2.05, 4.69) is 4.99 Å². The number of aliphatic imine (C=N–C) groups is 1. The lowest BCUT2D eigenvalue weighted by Gasteiger charge is -2.21. The van der Waals surface area contributed by atoms with Crippen molar-refractivity contribution in [3.8, 4) is 17.2 Å². The quantitative estimate of drug-likeness (QED) is 0.324. The molecule has 38 heavy (non-hydrogen) atoms. The Morgan fingerprint density at radius 3 is 2.11 bits per heavy atom. The second-order valence-corrected chi connectivity index (χ2v) is 9.31. The highest BCUT2D eigenvalue weighted by Gasteiger charge is 2.35. The van der Waals surface area contributed by atoms with Gasteiger partial charge in [0.05, 0.1) is 37.5 Å². The number of anilines is 1. The Balaban J connectivity index is 1.94. The molecule has 0 fully saturated rings. The fourth-order valence-electron chi connectivity index (χ4n) is 3.90. The number of amides is 1. The van der Waals surface area contributed by atoms with Crippen molar-refractivity contribution in [2.75, 3.05) is 26.2 Å². The van der Waals surface area contributed by atoms with Gasteiger partial charge >= 0.3 is 5.97 Å². The van der Waals surface area contributed by atoms with Crippen molar-refractivity contribution in [2.45, 2.75) is 4.90 Å². The van der Waals surface area contributed by atoms with Gasteiger partial charge in [0.2, 0.25) is 5.75 Å². The summed E-state index contributed by atoms with van der Waals surface area (Å²) in [7, 11) is -0.369. The largest absolute Gasteiger partial charge is 0.493 e. The molecule has 11 nitrogen and oxygen atoms in total. The van der Waals surface area contributed by atoms with E-state index in [1.807, 2.05) is 0 Å². The summed E-state index contributed by atoms with van der Waals surface area (Å²) in [5.74, 6) is -1.07. The molecule has 0 unspecified atom stereocenters. The molecule has 196 valence electrons. The van der Waals surface area contributed by atoms with Crippen LogP contribution in [0.2, 0.25) is 0 Å². The molecule has 2 N–H and O–H groups in total. The predicted molar refractivity (Wildman–Crippen MR) is 138 cm³/mol. The van der Waals surface area contributed by atoms with Gasteiger partial charge < -0.3 is 19.3 Å². The van der Waals surface area contributed by atoms with E-state index >= 15 is 0 Å². The molecule has 1 aliphatic rings. The Hall–Kier alpha value is -4.68. The molecule has 1 heterocycles. The highest BCUT2D eigenvalue weighted by atomic mass is 32.2. The van der Waals surface area contributed by atoms with E-state index in [0.717, 1.165) is 23.1 Å². The third-order valence-corrected chi connectivity index (χ3v) is 6.47. The zero-order valence-electron chi connectivity index (χ0n) is 20.4. The van der Waals surface area contributed by atoms with Crippen LogP contribution in [0.25, 0.3) is 6.08 Å². The maximum Gasteiger partial charge on any atom is 0.337 e. The van der Waals surface area contributed by atoms with Gasteiger partial charge in [-0.2, -0.15) is 8.42 Å². The molecule has 0 saturated carbocycles. The Morgan fingerprint density at radius 1 is 0.947 bits per heavy atom. The van der Waals surface area contributed by atoms with Crippen LogP contribution in [0.4, 0.5) is 5.69 Å². The summed E-state index contributed by atoms with van der Waals surface area (Å²) in [5.41, 5.74) is 0.192. The summed E-state index contributed by atoms with van der Waals surface area (Å²) < 4.78 is 49.3. The summed E-state index contributed by atoms with van der Waals surface area (Å²) in [5, 5.41) is 9.78. The number of carbonyl (C=O) groups is 2. The standard InChI is InChI=1S/C26H22N2O9S/c1-35-21-12-15(13-22(36-2)23(21)37-3)11-19-25(29)28(24(27-19)16-7-5-4-6-8-16)20-14-17(38(32,33)34)9-10-18(20)26(30)31/h4-14H,1-3H3,(H,30,31)(H,32,33,34). The van der Waals surface area contributed by atoms with Crippen molar-refractivity contribution < 1.29 is 41.9 Å². The number of carboxylic acid groups (broad SMARTS) is 1. The Kier molecular flexibility index (Phi) is 7.19. The number of amidine groups is 1. The highest BCUT2D eigenvalue weighted by Crippen LogP contribution is 2.39. The molecule has 0 radical (unpaired) electrons. The van der Waals surface area contributed by atoms with E-state index in [1.165, 1.54) is 27.4 Å². The maximum atomic E-state index is 13.7. The van der Waals surface area contributed by atoms with Crippen LogP contribution in [-0.4, -0.2) is 57.1 Å². The molecule has 3 aromatic carbocycles. The third kappa shape index (κ3) is 4.94. The summed E-state index contributed by atoms with van der Waals surface area (Å²) in [6.07, 6.45) is 1.45. The van der Waals surface area contributed by atoms with Crippen LogP contribution in [0.3, 0.4) is 0 Å². The fraction of sp³-hybridized carbons (Fsp3) is 0.115. The number of carbonyl (C=O) groups excluding carboxylic acids is 1. The van der Waals surface area contributed by atoms with Gasteiger partial charge in [0.25, 0.3) is 16.0 Å². The first kappa shape index (κ1) is 26.4. The van der Waals surface area contributed by atoms with Crippen LogP contribution in [0.15, 0.2) is 76.2 Å². The normalized spacial score (nSPS) is 14.4. The zero-order chi connectivity index (χ0) is 27.6. The minimum atomic E-state index is -4.71. The Morgan fingerprint density at radius 2 is 1.58 bits per heavy atom. The highest BCUT2D eigenvalue weighted by molar-refractivity contribution is 7.85. The predicted octanol–water partition coefficient (Wildman–Crippen LogP) is 3.49. The Labute approximate surface area is 218 Å². The molecular weight excluding hydrogens is 516 g/mol. The summed E-state index contributed by atoms with van der Waals surface area (Å²) >= 11 is 0. The van der Waals surface area contributed by atoms with E-state index in [-0.39, 0.29) is 22.8 Å². The van der Waals surface area contributed by atoms with E-state index in [1.54, 1.807) is 42.5 Å². The fourth-order valence-corrected chi connectivity index (χ4v) is 4.40. The minimum Gasteiger partial charge on any atom is -0.493 e. The van der Waals surface area contributed by atoms with Crippen molar-refractivity contribution in [1.82, 2.24) is 0 Å². The summed E-state index contributed by atoms with van der Waals surface area (Å²) in [6.45, 7) is 0. The zero-order valence-corrected chi connectivity index (χ0v) is 21.2. The molecule has 0 aromatic heterocycles. The van der Waals surface area contributed by atoms with Crippen LogP contribution in [0.5, 0.6) is 17.2 Å². The Bertz CT molecular complexity index is 1570. The van der Waals surface area contributed by atoms with Crippen molar-refractivity contribution in [3.05, 3.63) is 83.1 Å². The molecule has 0 atom stereocenters. The van der Waals surface area contributed by atoms with Crippen LogP contribution in [0, 0.1) is 0 Å². The average molecular weight is 539 g/mol. The number of methoxy groups -OCH3 is 3. The van der Waals surface area contributed by atoms with Crippen LogP contribution in [-0.2, 0) is 14.9 Å². The van der Waals surface area contributed by atoms with E-state index in [4.69, 9.17) is 14.2 Å². The minimum absolute atomic E-state index is 0.0595. The third-order valence-electron chi connectivity index (χ3n) is 5.62. The van der Waals surface area contributed by atoms with Gasteiger partial charge in [-0.3, -0.25) is 14.2 Å². The average Bonchev–Trinajstić information content (AvgIpc) is 3.22. The van der Waals surface area contributed by atoms with E-state index in [0.29, 0.717) is 28.4 Å². The molecule has 12 heteroatoms. The first-order valence-corrected chi connectivity index (χ1v) is 12.4. The molecular formula is C26H22N2O9S. The first-order chi connectivity index (χ1) is 18.1. The SMILES string of the molecule is COc1cc(C=C2N=C(c3ccccc3)N(c3cc(S(=O)(=O)O)ccc3C(=O)O)C2=O)cc(OC)c1OC. The second-order valence-electron chi connectivity index (χ2n) is 7.89. The molecule has 4 rings (SSSR count). The van der Waals surface area contributed by atoms with Gasteiger partial charge in [0, 0.05) is 5.56 Å². The monoisotopic (exact) mass is 538 g/mol. The number of rotatable bonds is 8.